The van der Waals surface area contributed by atoms with Gasteiger partial charge in [0.05, 0.1) is 15.9 Å². The smallest absolute Gasteiger partial charge is 0.280 e. The van der Waals surface area contributed by atoms with Gasteiger partial charge in [0.2, 0.25) is 5.91 Å². The summed E-state index contributed by atoms with van der Waals surface area (Å²) in [5, 5.41) is 24.5. The van der Waals surface area contributed by atoms with Crippen molar-refractivity contribution in [1.82, 2.24) is 5.32 Å². The molecule has 0 radical (unpaired) electrons. The van der Waals surface area contributed by atoms with Crippen LogP contribution in [0.25, 0.3) is 0 Å². The lowest BCUT2D eigenvalue weighted by molar-refractivity contribution is -0.394. The SMILES string of the molecule is NC(=O)CCCCNCc1ccc([N+](=O)[O-])cc1[N+](=O)[O-]. The molecule has 0 atom stereocenters. The summed E-state index contributed by atoms with van der Waals surface area (Å²) in [7, 11) is 0. The van der Waals surface area contributed by atoms with Crippen LogP contribution in [0.3, 0.4) is 0 Å². The van der Waals surface area contributed by atoms with Gasteiger partial charge in [-0.05, 0) is 25.5 Å². The summed E-state index contributed by atoms with van der Waals surface area (Å²) >= 11 is 0. The van der Waals surface area contributed by atoms with E-state index in [4.69, 9.17) is 5.73 Å². The Morgan fingerprint density at radius 2 is 1.90 bits per heavy atom. The first-order chi connectivity index (χ1) is 9.91. The van der Waals surface area contributed by atoms with E-state index in [1.165, 1.54) is 12.1 Å². The van der Waals surface area contributed by atoms with Crippen molar-refractivity contribution < 1.29 is 14.6 Å². The Morgan fingerprint density at radius 3 is 2.48 bits per heavy atom. The third-order valence-corrected chi connectivity index (χ3v) is 2.82. The highest BCUT2D eigenvalue weighted by Crippen LogP contribution is 2.24. The number of amides is 1. The Hall–Kier alpha value is -2.55. The minimum Gasteiger partial charge on any atom is -0.370 e. The maximum Gasteiger partial charge on any atom is 0.280 e. The monoisotopic (exact) mass is 296 g/mol. The number of hydrogen-bond acceptors (Lipinski definition) is 6. The lowest BCUT2D eigenvalue weighted by Gasteiger charge is -2.05. The van der Waals surface area contributed by atoms with Crippen LogP contribution in [0.2, 0.25) is 0 Å². The standard InChI is InChI=1S/C12H16N4O5/c13-12(17)3-1-2-6-14-8-9-4-5-10(15(18)19)7-11(9)16(20)21/h4-5,7,14H,1-3,6,8H2,(H2,13,17). The topological polar surface area (TPSA) is 141 Å². The van der Waals surface area contributed by atoms with E-state index < -0.39 is 9.85 Å². The van der Waals surface area contributed by atoms with Crippen molar-refractivity contribution in [1.29, 1.82) is 0 Å². The Kier molecular flexibility index (Phi) is 6.21. The number of non-ortho nitro benzene ring substituents is 1. The number of nitro benzene ring substituents is 2. The van der Waals surface area contributed by atoms with E-state index in [0.29, 0.717) is 31.4 Å². The first-order valence-corrected chi connectivity index (χ1v) is 6.32. The van der Waals surface area contributed by atoms with Crippen LogP contribution in [0.4, 0.5) is 11.4 Å². The number of nitro groups is 2. The molecule has 0 saturated carbocycles. The molecule has 9 heteroatoms. The molecule has 1 amide bonds. The number of hydrogen-bond donors (Lipinski definition) is 2. The fraction of sp³-hybridized carbons (Fsp3) is 0.417. The van der Waals surface area contributed by atoms with Crippen molar-refractivity contribution in [2.75, 3.05) is 6.54 Å². The van der Waals surface area contributed by atoms with Gasteiger partial charge in [0.15, 0.2) is 0 Å². The van der Waals surface area contributed by atoms with Gasteiger partial charge in [0.25, 0.3) is 11.4 Å². The van der Waals surface area contributed by atoms with Crippen molar-refractivity contribution in [2.24, 2.45) is 5.73 Å². The molecule has 0 aliphatic rings. The molecule has 0 heterocycles. The molecular formula is C12H16N4O5. The minimum absolute atomic E-state index is 0.227. The van der Waals surface area contributed by atoms with E-state index in [-0.39, 0.29) is 23.8 Å². The van der Waals surface area contributed by atoms with Crippen LogP contribution < -0.4 is 11.1 Å². The van der Waals surface area contributed by atoms with Crippen LogP contribution in [0, 0.1) is 20.2 Å². The molecule has 1 aromatic rings. The molecule has 0 aromatic heterocycles. The molecule has 114 valence electrons. The second-order valence-electron chi connectivity index (χ2n) is 4.43. The van der Waals surface area contributed by atoms with Gasteiger partial charge in [-0.3, -0.25) is 25.0 Å². The molecule has 0 aliphatic heterocycles. The number of unbranched alkanes of at least 4 members (excludes halogenated alkanes) is 1. The third-order valence-electron chi connectivity index (χ3n) is 2.82. The summed E-state index contributed by atoms with van der Waals surface area (Å²) in [4.78, 5) is 30.7. The average molecular weight is 296 g/mol. The first-order valence-electron chi connectivity index (χ1n) is 6.32. The number of nitrogens with zero attached hydrogens (tertiary/aromatic N) is 2. The molecule has 0 bridgehead atoms. The number of nitrogens with one attached hydrogen (secondary N) is 1. The number of nitrogens with two attached hydrogens (primary N) is 1. The molecule has 1 aromatic carbocycles. The van der Waals surface area contributed by atoms with Gasteiger partial charge in [-0.2, -0.15) is 0 Å². The molecule has 1 rings (SSSR count). The molecule has 9 nitrogen and oxygen atoms in total. The highest BCUT2D eigenvalue weighted by Gasteiger charge is 2.18. The van der Waals surface area contributed by atoms with Crippen LogP contribution in [-0.4, -0.2) is 22.3 Å². The highest BCUT2D eigenvalue weighted by atomic mass is 16.6. The quantitative estimate of drug-likeness (QED) is 0.399. The molecule has 0 aliphatic carbocycles. The Morgan fingerprint density at radius 1 is 1.19 bits per heavy atom. The van der Waals surface area contributed by atoms with E-state index in [0.717, 1.165) is 6.07 Å². The van der Waals surface area contributed by atoms with E-state index in [1.54, 1.807) is 0 Å². The summed E-state index contributed by atoms with van der Waals surface area (Å²) in [5.41, 5.74) is 4.78. The number of carbonyl (C=O) groups excluding carboxylic acids is 1. The van der Waals surface area contributed by atoms with Crippen molar-refractivity contribution in [2.45, 2.75) is 25.8 Å². The lowest BCUT2D eigenvalue weighted by atomic mass is 10.1. The van der Waals surface area contributed by atoms with Gasteiger partial charge in [-0.1, -0.05) is 0 Å². The molecule has 3 N–H and O–H groups in total. The first kappa shape index (κ1) is 16.5. The summed E-state index contributed by atoms with van der Waals surface area (Å²) in [6.45, 7) is 0.798. The van der Waals surface area contributed by atoms with E-state index in [1.807, 2.05) is 0 Å². The van der Waals surface area contributed by atoms with Crippen molar-refractivity contribution in [3.8, 4) is 0 Å². The number of primary amides is 1. The van der Waals surface area contributed by atoms with Gasteiger partial charge in [0, 0.05) is 24.6 Å². The van der Waals surface area contributed by atoms with Crippen LogP contribution in [0.1, 0.15) is 24.8 Å². The third kappa shape index (κ3) is 5.53. The molecular weight excluding hydrogens is 280 g/mol. The second-order valence-corrected chi connectivity index (χ2v) is 4.43. The normalized spacial score (nSPS) is 10.3. The van der Waals surface area contributed by atoms with Crippen LogP contribution >= 0.6 is 0 Å². The molecule has 0 fully saturated rings. The summed E-state index contributed by atoms with van der Waals surface area (Å²) in [6.07, 6.45) is 1.66. The summed E-state index contributed by atoms with van der Waals surface area (Å²) < 4.78 is 0. The fourth-order valence-electron chi connectivity index (χ4n) is 1.76. The fourth-order valence-corrected chi connectivity index (χ4v) is 1.76. The Labute approximate surface area is 120 Å². The second kappa shape index (κ2) is 7.90. The highest BCUT2D eigenvalue weighted by molar-refractivity contribution is 5.73. The Bertz CT molecular complexity index is 546. The zero-order chi connectivity index (χ0) is 15.8. The van der Waals surface area contributed by atoms with Crippen LogP contribution in [0.15, 0.2) is 18.2 Å². The lowest BCUT2D eigenvalue weighted by Crippen LogP contribution is -2.17. The van der Waals surface area contributed by atoms with Crippen LogP contribution in [0.5, 0.6) is 0 Å². The summed E-state index contributed by atoms with van der Waals surface area (Å²) in [6, 6.07) is 3.55. The number of carbonyl (C=O) groups is 1. The van der Waals surface area contributed by atoms with Crippen molar-refractivity contribution in [3.05, 3.63) is 44.0 Å². The zero-order valence-corrected chi connectivity index (χ0v) is 11.3. The average Bonchev–Trinajstić information content (AvgIpc) is 2.42. The van der Waals surface area contributed by atoms with E-state index in [9.17, 15) is 25.0 Å². The van der Waals surface area contributed by atoms with Gasteiger partial charge >= 0.3 is 0 Å². The maximum absolute atomic E-state index is 10.9. The largest absolute Gasteiger partial charge is 0.370 e. The van der Waals surface area contributed by atoms with Crippen LogP contribution in [-0.2, 0) is 11.3 Å². The summed E-state index contributed by atoms with van der Waals surface area (Å²) in [5.74, 6) is -0.360. The van der Waals surface area contributed by atoms with Gasteiger partial charge in [-0.25, -0.2) is 0 Å². The molecule has 21 heavy (non-hydrogen) atoms. The number of benzene rings is 1. The minimum atomic E-state index is -0.673. The van der Waals surface area contributed by atoms with Gasteiger partial charge < -0.3 is 11.1 Å². The van der Waals surface area contributed by atoms with Gasteiger partial charge in [0.1, 0.15) is 0 Å². The van der Waals surface area contributed by atoms with E-state index in [2.05, 4.69) is 5.32 Å². The van der Waals surface area contributed by atoms with Gasteiger partial charge in [-0.15, -0.1) is 0 Å². The maximum atomic E-state index is 10.9. The molecule has 0 spiro atoms. The predicted molar refractivity (Wildman–Crippen MR) is 74.5 cm³/mol. The van der Waals surface area contributed by atoms with E-state index >= 15 is 0 Å². The predicted octanol–water partition coefficient (Wildman–Crippen LogP) is 1.25. The van der Waals surface area contributed by atoms with Crippen molar-refractivity contribution >= 4 is 17.3 Å². The molecule has 0 saturated heterocycles. The molecule has 0 unspecified atom stereocenters. The number of rotatable bonds is 9. The van der Waals surface area contributed by atoms with Crippen molar-refractivity contribution in [3.63, 3.8) is 0 Å². The zero-order valence-electron chi connectivity index (χ0n) is 11.3. The Balaban J connectivity index is 2.56.